The van der Waals surface area contributed by atoms with Crippen molar-refractivity contribution in [1.82, 2.24) is 9.97 Å². The Morgan fingerprint density at radius 2 is 1.68 bits per heavy atom. The zero-order chi connectivity index (χ0) is 13.7. The molecule has 0 saturated heterocycles. The molecular formula is C14H16N2O3. The summed E-state index contributed by atoms with van der Waals surface area (Å²) in [6.45, 7) is -0.0450. The Labute approximate surface area is 111 Å². The number of aromatic nitrogens is 2. The third-order valence-corrected chi connectivity index (χ3v) is 2.75. The molecule has 0 spiro atoms. The number of ether oxygens (including phenoxy) is 2. The molecule has 2 rings (SSSR count). The van der Waals surface area contributed by atoms with Gasteiger partial charge in [-0.25, -0.2) is 9.97 Å². The summed E-state index contributed by atoms with van der Waals surface area (Å²) in [4.78, 5) is 8.40. The largest absolute Gasteiger partial charge is 0.493 e. The van der Waals surface area contributed by atoms with Crippen molar-refractivity contribution < 1.29 is 14.6 Å². The van der Waals surface area contributed by atoms with Crippen molar-refractivity contribution in [2.75, 3.05) is 14.2 Å². The third kappa shape index (κ3) is 3.20. The van der Waals surface area contributed by atoms with Crippen LogP contribution >= 0.6 is 0 Å². The van der Waals surface area contributed by atoms with E-state index in [1.165, 1.54) is 0 Å². The van der Waals surface area contributed by atoms with Crippen molar-refractivity contribution in [3.8, 4) is 11.5 Å². The fourth-order valence-corrected chi connectivity index (χ4v) is 1.73. The molecule has 0 aliphatic rings. The molecule has 0 amide bonds. The van der Waals surface area contributed by atoms with Gasteiger partial charge in [0, 0.05) is 24.4 Å². The predicted molar refractivity (Wildman–Crippen MR) is 70.3 cm³/mol. The van der Waals surface area contributed by atoms with Crippen LogP contribution in [0.25, 0.3) is 0 Å². The van der Waals surface area contributed by atoms with Gasteiger partial charge >= 0.3 is 0 Å². The summed E-state index contributed by atoms with van der Waals surface area (Å²) in [6.07, 6.45) is 3.86. The summed E-state index contributed by atoms with van der Waals surface area (Å²) in [5.74, 6) is 2.08. The van der Waals surface area contributed by atoms with Gasteiger partial charge in [0.25, 0.3) is 0 Å². The van der Waals surface area contributed by atoms with Gasteiger partial charge in [0.1, 0.15) is 5.82 Å². The molecule has 0 saturated carbocycles. The molecule has 0 atom stereocenters. The number of nitrogens with zero attached hydrogens (tertiary/aromatic N) is 2. The number of aliphatic hydroxyl groups is 1. The van der Waals surface area contributed by atoms with Gasteiger partial charge in [-0.2, -0.15) is 0 Å². The molecule has 1 heterocycles. The van der Waals surface area contributed by atoms with Gasteiger partial charge in [-0.3, -0.25) is 0 Å². The van der Waals surface area contributed by atoms with Crippen molar-refractivity contribution in [3.63, 3.8) is 0 Å². The van der Waals surface area contributed by atoms with Crippen molar-refractivity contribution in [2.24, 2.45) is 0 Å². The number of hydrogen-bond acceptors (Lipinski definition) is 5. The second-order valence-corrected chi connectivity index (χ2v) is 4.03. The second-order valence-electron chi connectivity index (χ2n) is 4.03. The number of rotatable bonds is 5. The fraction of sp³-hybridized carbons (Fsp3) is 0.286. The Morgan fingerprint density at radius 1 is 1.00 bits per heavy atom. The van der Waals surface area contributed by atoms with Crippen LogP contribution in [-0.2, 0) is 13.0 Å². The smallest absolute Gasteiger partial charge is 0.161 e. The zero-order valence-electron chi connectivity index (χ0n) is 11.0. The lowest BCUT2D eigenvalue weighted by atomic mass is 10.1. The maximum absolute atomic E-state index is 8.93. The minimum atomic E-state index is -0.0450. The molecule has 100 valence electrons. The van der Waals surface area contributed by atoms with Crippen LogP contribution in [0.1, 0.15) is 17.0 Å². The van der Waals surface area contributed by atoms with E-state index in [1.54, 1.807) is 26.6 Å². The highest BCUT2D eigenvalue weighted by Gasteiger charge is 2.06. The molecule has 1 N–H and O–H groups in total. The van der Waals surface area contributed by atoms with Crippen LogP contribution in [-0.4, -0.2) is 29.3 Å². The number of benzene rings is 1. The van der Waals surface area contributed by atoms with Crippen molar-refractivity contribution in [2.45, 2.75) is 13.0 Å². The average molecular weight is 260 g/mol. The molecule has 0 aliphatic carbocycles. The van der Waals surface area contributed by atoms with Crippen molar-refractivity contribution >= 4 is 0 Å². The maximum Gasteiger partial charge on any atom is 0.161 e. The molecule has 0 aliphatic heterocycles. The van der Waals surface area contributed by atoms with Crippen LogP contribution in [0.2, 0.25) is 0 Å². The summed E-state index contributed by atoms with van der Waals surface area (Å²) >= 11 is 0. The first-order valence-electron chi connectivity index (χ1n) is 5.88. The average Bonchev–Trinajstić information content (AvgIpc) is 2.48. The zero-order valence-corrected chi connectivity index (χ0v) is 11.0. The second kappa shape index (κ2) is 6.15. The summed E-state index contributed by atoms with van der Waals surface area (Å²) < 4.78 is 10.4. The molecule has 0 fully saturated rings. The lowest BCUT2D eigenvalue weighted by molar-refractivity contribution is 0.280. The van der Waals surface area contributed by atoms with Gasteiger partial charge in [0.2, 0.25) is 0 Å². The summed E-state index contributed by atoms with van der Waals surface area (Å²) in [6, 6.07) is 5.71. The maximum atomic E-state index is 8.93. The molecule has 5 heteroatoms. The molecule has 1 aromatic carbocycles. The molecule has 0 radical (unpaired) electrons. The van der Waals surface area contributed by atoms with Gasteiger partial charge in [-0.05, 0) is 17.7 Å². The van der Waals surface area contributed by atoms with Crippen LogP contribution < -0.4 is 9.47 Å². The SMILES string of the molecule is COc1ccc(Cc2ncc(CO)cn2)cc1OC. The van der Waals surface area contributed by atoms with Crippen LogP contribution in [0.5, 0.6) is 11.5 Å². The Morgan fingerprint density at radius 3 is 2.26 bits per heavy atom. The monoisotopic (exact) mass is 260 g/mol. The molecule has 0 bridgehead atoms. The highest BCUT2D eigenvalue weighted by molar-refractivity contribution is 5.43. The highest BCUT2D eigenvalue weighted by atomic mass is 16.5. The van der Waals surface area contributed by atoms with E-state index in [0.29, 0.717) is 29.3 Å². The number of methoxy groups -OCH3 is 2. The van der Waals surface area contributed by atoms with E-state index in [4.69, 9.17) is 14.6 Å². The quantitative estimate of drug-likeness (QED) is 0.884. The van der Waals surface area contributed by atoms with Gasteiger partial charge in [0.15, 0.2) is 11.5 Å². The molecule has 5 nitrogen and oxygen atoms in total. The Hall–Kier alpha value is -2.14. The van der Waals surface area contributed by atoms with Crippen molar-refractivity contribution in [1.29, 1.82) is 0 Å². The van der Waals surface area contributed by atoms with E-state index < -0.39 is 0 Å². The summed E-state index contributed by atoms with van der Waals surface area (Å²) in [5.41, 5.74) is 1.74. The first-order chi connectivity index (χ1) is 9.26. The topological polar surface area (TPSA) is 64.5 Å². The van der Waals surface area contributed by atoms with Gasteiger partial charge in [-0.1, -0.05) is 6.07 Å². The Bertz CT molecular complexity index is 541. The molecular weight excluding hydrogens is 244 g/mol. The lowest BCUT2D eigenvalue weighted by Gasteiger charge is -2.09. The number of aliphatic hydroxyl groups excluding tert-OH is 1. The van der Waals surface area contributed by atoms with Gasteiger partial charge in [0.05, 0.1) is 20.8 Å². The molecule has 1 aromatic heterocycles. The molecule has 0 unspecified atom stereocenters. The minimum Gasteiger partial charge on any atom is -0.493 e. The van der Waals surface area contributed by atoms with Crippen LogP contribution in [0.4, 0.5) is 0 Å². The van der Waals surface area contributed by atoms with Crippen LogP contribution in [0.3, 0.4) is 0 Å². The lowest BCUT2D eigenvalue weighted by Crippen LogP contribution is -1.99. The fourth-order valence-electron chi connectivity index (χ4n) is 1.73. The van der Waals surface area contributed by atoms with Gasteiger partial charge in [-0.15, -0.1) is 0 Å². The normalized spacial score (nSPS) is 10.3. The van der Waals surface area contributed by atoms with E-state index in [1.807, 2.05) is 18.2 Å². The van der Waals surface area contributed by atoms with Crippen molar-refractivity contribution in [3.05, 3.63) is 47.5 Å². The van der Waals surface area contributed by atoms with E-state index in [0.717, 1.165) is 5.56 Å². The van der Waals surface area contributed by atoms with E-state index in [-0.39, 0.29) is 6.61 Å². The Kier molecular flexibility index (Phi) is 4.30. The first kappa shape index (κ1) is 13.3. The summed E-state index contributed by atoms with van der Waals surface area (Å²) in [7, 11) is 3.21. The van der Waals surface area contributed by atoms with Crippen LogP contribution in [0, 0.1) is 0 Å². The summed E-state index contributed by atoms with van der Waals surface area (Å²) in [5, 5.41) is 8.93. The van der Waals surface area contributed by atoms with E-state index >= 15 is 0 Å². The highest BCUT2D eigenvalue weighted by Crippen LogP contribution is 2.28. The molecule has 2 aromatic rings. The third-order valence-electron chi connectivity index (χ3n) is 2.75. The van der Waals surface area contributed by atoms with Gasteiger partial charge < -0.3 is 14.6 Å². The van der Waals surface area contributed by atoms with E-state index in [9.17, 15) is 0 Å². The Balaban J connectivity index is 2.18. The minimum absolute atomic E-state index is 0.0450. The predicted octanol–water partition coefficient (Wildman–Crippen LogP) is 1.58. The first-order valence-corrected chi connectivity index (χ1v) is 5.88. The molecule has 19 heavy (non-hydrogen) atoms. The van der Waals surface area contributed by atoms with E-state index in [2.05, 4.69) is 9.97 Å². The van der Waals surface area contributed by atoms with Crippen LogP contribution in [0.15, 0.2) is 30.6 Å². The standard InChI is InChI=1S/C14H16N2O3/c1-18-12-4-3-10(5-13(12)19-2)6-14-15-7-11(9-17)8-16-14/h3-5,7-8,17H,6,9H2,1-2H3. The number of hydrogen-bond donors (Lipinski definition) is 1.